The molecule has 2 heterocycles. The SMILES string of the molecule is COc1ccccc1-c1csc(NC(=O)CCSc2nnc(C)s2)n1. The largest absolute Gasteiger partial charge is 0.496 e. The normalized spacial score (nSPS) is 10.6. The van der Waals surface area contributed by atoms with Crippen molar-refractivity contribution in [2.24, 2.45) is 0 Å². The van der Waals surface area contributed by atoms with E-state index in [4.69, 9.17) is 4.74 Å². The Kier molecular flexibility index (Phi) is 6.00. The average molecular weight is 393 g/mol. The molecule has 1 N–H and O–H groups in total. The van der Waals surface area contributed by atoms with Crippen LogP contribution in [0.1, 0.15) is 11.4 Å². The molecule has 3 rings (SSSR count). The van der Waals surface area contributed by atoms with Crippen LogP contribution in [0.3, 0.4) is 0 Å². The number of anilines is 1. The smallest absolute Gasteiger partial charge is 0.226 e. The van der Waals surface area contributed by atoms with Crippen molar-refractivity contribution in [1.29, 1.82) is 0 Å². The fraction of sp³-hybridized carbons (Fsp3) is 0.250. The van der Waals surface area contributed by atoms with E-state index in [9.17, 15) is 4.79 Å². The number of thioether (sulfide) groups is 1. The molecule has 25 heavy (non-hydrogen) atoms. The first kappa shape index (κ1) is 17.8. The molecule has 0 spiro atoms. The average Bonchev–Trinajstić information content (AvgIpc) is 3.24. The number of nitrogens with zero attached hydrogens (tertiary/aromatic N) is 3. The molecule has 0 atom stereocenters. The first-order valence-electron chi connectivity index (χ1n) is 7.47. The Bertz CT molecular complexity index is 862. The number of amides is 1. The molecule has 6 nitrogen and oxygen atoms in total. The molecule has 0 fully saturated rings. The maximum atomic E-state index is 12.1. The lowest BCUT2D eigenvalue weighted by Gasteiger charge is -2.05. The fourth-order valence-electron chi connectivity index (χ4n) is 2.06. The molecule has 0 aliphatic carbocycles. The number of aryl methyl sites for hydroxylation is 1. The number of rotatable bonds is 7. The van der Waals surface area contributed by atoms with Gasteiger partial charge in [-0.15, -0.1) is 21.5 Å². The predicted octanol–water partition coefficient (Wildman–Crippen LogP) is 4.10. The van der Waals surface area contributed by atoms with Crippen LogP contribution in [-0.4, -0.2) is 34.0 Å². The Morgan fingerprint density at radius 2 is 2.16 bits per heavy atom. The molecule has 0 saturated heterocycles. The van der Waals surface area contributed by atoms with Gasteiger partial charge in [0.2, 0.25) is 5.91 Å². The highest BCUT2D eigenvalue weighted by molar-refractivity contribution is 8.01. The number of ether oxygens (including phenoxy) is 1. The maximum absolute atomic E-state index is 12.1. The first-order chi connectivity index (χ1) is 12.2. The summed E-state index contributed by atoms with van der Waals surface area (Å²) in [7, 11) is 1.63. The van der Waals surface area contributed by atoms with Crippen molar-refractivity contribution in [3.8, 4) is 17.0 Å². The van der Waals surface area contributed by atoms with Crippen LogP contribution in [-0.2, 0) is 4.79 Å². The second-order valence-corrected chi connectivity index (χ2v) is 8.35. The van der Waals surface area contributed by atoms with Gasteiger partial charge in [-0.2, -0.15) is 0 Å². The number of para-hydroxylation sites is 1. The third kappa shape index (κ3) is 4.77. The van der Waals surface area contributed by atoms with Crippen molar-refractivity contribution in [2.75, 3.05) is 18.2 Å². The van der Waals surface area contributed by atoms with Crippen molar-refractivity contribution < 1.29 is 9.53 Å². The van der Waals surface area contributed by atoms with E-state index in [1.54, 1.807) is 7.11 Å². The lowest BCUT2D eigenvalue weighted by Crippen LogP contribution is -2.11. The Labute approximate surface area is 157 Å². The monoisotopic (exact) mass is 392 g/mol. The van der Waals surface area contributed by atoms with Gasteiger partial charge in [0, 0.05) is 23.1 Å². The van der Waals surface area contributed by atoms with E-state index >= 15 is 0 Å². The van der Waals surface area contributed by atoms with Gasteiger partial charge in [-0.05, 0) is 19.1 Å². The minimum Gasteiger partial charge on any atom is -0.496 e. The van der Waals surface area contributed by atoms with Gasteiger partial charge in [0.1, 0.15) is 10.8 Å². The molecule has 9 heteroatoms. The highest BCUT2D eigenvalue weighted by atomic mass is 32.2. The lowest BCUT2D eigenvalue weighted by molar-refractivity contribution is -0.115. The number of nitrogens with one attached hydrogen (secondary N) is 1. The summed E-state index contributed by atoms with van der Waals surface area (Å²) in [6.45, 7) is 1.91. The van der Waals surface area contributed by atoms with Crippen LogP contribution < -0.4 is 10.1 Å². The predicted molar refractivity (Wildman–Crippen MR) is 103 cm³/mol. The second-order valence-electron chi connectivity index (χ2n) is 4.97. The van der Waals surface area contributed by atoms with Gasteiger partial charge in [-0.3, -0.25) is 4.79 Å². The van der Waals surface area contributed by atoms with Crippen LogP contribution in [0, 0.1) is 6.92 Å². The zero-order valence-corrected chi connectivity index (χ0v) is 16.1. The van der Waals surface area contributed by atoms with Crippen molar-refractivity contribution in [1.82, 2.24) is 15.2 Å². The minimum absolute atomic E-state index is 0.0605. The Hall–Kier alpha value is -1.97. The first-order valence-corrected chi connectivity index (χ1v) is 10.2. The minimum atomic E-state index is -0.0605. The number of benzene rings is 1. The number of carbonyl (C=O) groups is 1. The van der Waals surface area contributed by atoms with Gasteiger partial charge in [0.15, 0.2) is 9.47 Å². The summed E-state index contributed by atoms with van der Waals surface area (Å²) < 4.78 is 6.24. The summed E-state index contributed by atoms with van der Waals surface area (Å²) in [5.41, 5.74) is 1.69. The molecule has 2 aromatic heterocycles. The summed E-state index contributed by atoms with van der Waals surface area (Å²) in [5.74, 6) is 1.36. The van der Waals surface area contributed by atoms with E-state index in [0.717, 1.165) is 26.4 Å². The zero-order valence-electron chi connectivity index (χ0n) is 13.7. The summed E-state index contributed by atoms with van der Waals surface area (Å²) in [6.07, 6.45) is 0.396. The van der Waals surface area contributed by atoms with Crippen LogP contribution in [0.15, 0.2) is 34.0 Å². The number of aromatic nitrogens is 3. The van der Waals surface area contributed by atoms with Crippen molar-refractivity contribution in [3.05, 3.63) is 34.7 Å². The van der Waals surface area contributed by atoms with Crippen LogP contribution in [0.4, 0.5) is 5.13 Å². The quantitative estimate of drug-likeness (QED) is 0.610. The molecule has 1 aromatic carbocycles. The third-order valence-corrected chi connectivity index (χ3v) is 5.93. The molecular formula is C16H16N4O2S3. The molecule has 0 bridgehead atoms. The van der Waals surface area contributed by atoms with Gasteiger partial charge < -0.3 is 10.1 Å². The molecule has 0 saturated carbocycles. The number of hydrogen-bond acceptors (Lipinski definition) is 8. The van der Waals surface area contributed by atoms with Gasteiger partial charge in [0.25, 0.3) is 0 Å². The van der Waals surface area contributed by atoms with Gasteiger partial charge in [-0.1, -0.05) is 35.2 Å². The molecule has 0 aliphatic rings. The zero-order chi connectivity index (χ0) is 17.6. The van der Waals surface area contributed by atoms with E-state index in [1.165, 1.54) is 34.4 Å². The number of thiazole rings is 1. The summed E-state index contributed by atoms with van der Waals surface area (Å²) in [6, 6.07) is 7.68. The van der Waals surface area contributed by atoms with Crippen molar-refractivity contribution in [3.63, 3.8) is 0 Å². The third-order valence-electron chi connectivity index (χ3n) is 3.20. The molecule has 3 aromatic rings. The van der Waals surface area contributed by atoms with E-state index in [-0.39, 0.29) is 5.91 Å². The topological polar surface area (TPSA) is 77.0 Å². The maximum Gasteiger partial charge on any atom is 0.226 e. The molecule has 0 radical (unpaired) electrons. The van der Waals surface area contributed by atoms with Crippen LogP contribution in [0.5, 0.6) is 5.75 Å². The second kappa shape index (κ2) is 8.41. The van der Waals surface area contributed by atoms with Crippen LogP contribution >= 0.6 is 34.4 Å². The number of hydrogen-bond donors (Lipinski definition) is 1. The molecule has 0 aliphatic heterocycles. The number of carbonyl (C=O) groups excluding carboxylic acids is 1. The molecular weight excluding hydrogens is 376 g/mol. The van der Waals surface area contributed by atoms with Crippen LogP contribution in [0.2, 0.25) is 0 Å². The van der Waals surface area contributed by atoms with Gasteiger partial charge in [-0.25, -0.2) is 4.98 Å². The molecule has 1 amide bonds. The molecule has 0 unspecified atom stereocenters. The fourth-order valence-corrected chi connectivity index (χ4v) is 4.61. The Balaban J connectivity index is 1.55. The molecule has 130 valence electrons. The van der Waals surface area contributed by atoms with E-state index < -0.39 is 0 Å². The van der Waals surface area contributed by atoms with E-state index in [2.05, 4.69) is 20.5 Å². The standard InChI is InChI=1S/C16H16N4O2S3/c1-10-19-20-16(25-10)23-8-7-14(21)18-15-17-12(9-24-15)11-5-3-4-6-13(11)22-2/h3-6,9H,7-8H2,1-2H3,(H,17,18,21). The summed E-state index contributed by atoms with van der Waals surface area (Å²) >= 11 is 4.47. The highest BCUT2D eigenvalue weighted by Crippen LogP contribution is 2.32. The Morgan fingerprint density at radius 3 is 2.92 bits per heavy atom. The van der Waals surface area contributed by atoms with Crippen molar-refractivity contribution in [2.45, 2.75) is 17.7 Å². The van der Waals surface area contributed by atoms with E-state index in [1.807, 2.05) is 36.6 Å². The summed E-state index contributed by atoms with van der Waals surface area (Å²) in [5, 5.41) is 14.3. The lowest BCUT2D eigenvalue weighted by atomic mass is 10.1. The summed E-state index contributed by atoms with van der Waals surface area (Å²) in [4.78, 5) is 16.5. The van der Waals surface area contributed by atoms with Crippen LogP contribution in [0.25, 0.3) is 11.3 Å². The highest BCUT2D eigenvalue weighted by Gasteiger charge is 2.11. The van der Waals surface area contributed by atoms with Gasteiger partial charge >= 0.3 is 0 Å². The van der Waals surface area contributed by atoms with E-state index in [0.29, 0.717) is 17.3 Å². The Morgan fingerprint density at radius 1 is 1.32 bits per heavy atom. The van der Waals surface area contributed by atoms with Gasteiger partial charge in [0.05, 0.1) is 12.8 Å². The van der Waals surface area contributed by atoms with Crippen molar-refractivity contribution >= 4 is 45.5 Å². The number of methoxy groups -OCH3 is 1.